The molecule has 222 valence electrons. The van der Waals surface area contributed by atoms with E-state index in [0.717, 1.165) is 0 Å². The van der Waals surface area contributed by atoms with E-state index in [1.165, 1.54) is 33.7 Å². The van der Waals surface area contributed by atoms with Gasteiger partial charge in [-0.3, -0.25) is 14.3 Å². The van der Waals surface area contributed by atoms with Gasteiger partial charge in [0.2, 0.25) is 5.95 Å². The number of nitrogens with two attached hydrogens (primary N) is 2. The van der Waals surface area contributed by atoms with Crippen molar-refractivity contribution in [2.45, 2.75) is 47.1 Å². The van der Waals surface area contributed by atoms with Crippen molar-refractivity contribution in [3.05, 3.63) is 23.0 Å². The lowest BCUT2D eigenvalue weighted by atomic mass is 10.1. The van der Waals surface area contributed by atoms with E-state index < -0.39 is 66.6 Å². The molecule has 8 N–H and O–H groups in total. The highest BCUT2D eigenvalue weighted by molar-refractivity contribution is 8.07. The van der Waals surface area contributed by atoms with Gasteiger partial charge in [-0.05, 0) is 11.8 Å². The molecule has 0 spiro atoms. The van der Waals surface area contributed by atoms with Crippen molar-refractivity contribution in [3.8, 4) is 0 Å². The van der Waals surface area contributed by atoms with Gasteiger partial charge in [0.25, 0.3) is 11.3 Å². The fraction of sp³-hybridized carbons (Fsp3) is 0.526. The van der Waals surface area contributed by atoms with Crippen molar-refractivity contribution < 1.29 is 38.7 Å². The van der Waals surface area contributed by atoms with Gasteiger partial charge in [0.15, 0.2) is 35.0 Å². The van der Waals surface area contributed by atoms with Gasteiger partial charge in [0, 0.05) is 11.2 Å². The zero-order chi connectivity index (χ0) is 29.1. The van der Waals surface area contributed by atoms with E-state index in [2.05, 4.69) is 35.2 Å². The molecule has 0 radical (unpaired) electrons. The highest BCUT2D eigenvalue weighted by atomic mass is 32.5. The lowest BCUT2D eigenvalue weighted by Gasteiger charge is -2.31. The highest BCUT2D eigenvalue weighted by Crippen LogP contribution is 2.64. The molecule has 3 aliphatic heterocycles. The van der Waals surface area contributed by atoms with Crippen molar-refractivity contribution in [3.63, 3.8) is 0 Å². The van der Waals surface area contributed by atoms with Crippen LogP contribution in [0.1, 0.15) is 11.6 Å². The summed E-state index contributed by atoms with van der Waals surface area (Å²) in [5.41, 5.74) is 11.7. The predicted molar refractivity (Wildman–Crippen MR) is 142 cm³/mol. The Labute approximate surface area is 241 Å². The molecule has 4 aromatic heterocycles. The number of nitrogens with one attached hydrogen (secondary N) is 1. The zero-order valence-corrected chi connectivity index (χ0v) is 23.3. The summed E-state index contributed by atoms with van der Waals surface area (Å²) in [5, 5.41) is 28.3. The summed E-state index contributed by atoms with van der Waals surface area (Å²) in [6.07, 6.45) is -2.29. The summed E-state index contributed by atoms with van der Waals surface area (Å²) < 4.78 is 20.3. The molecule has 42 heavy (non-hydrogen) atoms. The Morgan fingerprint density at radius 1 is 1.24 bits per heavy atom. The van der Waals surface area contributed by atoms with Crippen LogP contribution in [0.15, 0.2) is 17.4 Å². The van der Waals surface area contributed by atoms with Crippen molar-refractivity contribution in [1.82, 2.24) is 44.5 Å². The molecule has 20 nitrogen and oxygen atoms in total. The van der Waals surface area contributed by atoms with E-state index in [4.69, 9.17) is 46.8 Å². The number of H-pyrrole nitrogens is 1. The average Bonchev–Trinajstić information content (AvgIpc) is 3.52. The number of aromatic amines is 1. The molecule has 4 aromatic rings. The second kappa shape index (κ2) is 9.06. The fourth-order valence-corrected chi connectivity index (χ4v) is 8.67. The maximum atomic E-state index is 12.2. The first-order chi connectivity index (χ1) is 20.1. The Kier molecular flexibility index (Phi) is 5.76. The third-order valence-electron chi connectivity index (χ3n) is 7.53. The smallest absolute Gasteiger partial charge is 0.325 e. The van der Waals surface area contributed by atoms with Crippen molar-refractivity contribution in [2.24, 2.45) is 5.92 Å². The zero-order valence-electron chi connectivity index (χ0n) is 20.8. The lowest BCUT2D eigenvalue weighted by molar-refractivity contribution is -0.452. The number of aromatic nitrogens is 9. The molecule has 1 aliphatic carbocycles. The Morgan fingerprint density at radius 3 is 2.90 bits per heavy atom. The Morgan fingerprint density at radius 2 is 2.07 bits per heavy atom. The van der Waals surface area contributed by atoms with E-state index in [-0.39, 0.29) is 28.2 Å². The quantitative estimate of drug-likeness (QED) is 0.0910. The maximum Gasteiger partial charge on any atom is 0.325 e. The number of aliphatic hydroxyl groups excluding tert-OH is 2. The number of rotatable bonds is 7. The standard InChI is InChI=1S/C19H20N11O9PS2/c20-12-5-13(23-2-22-12)29(3-24-5)16-9-11(32)19(36-16,39-37-9)1-35-40(34,41)38-8-4-7(31)10(4)42-17(8)30-14-6(27-28-30)15(33)26-18(21)25-14/h2-4,7-11,16-17,31-32H,1H2,(H,34,41)(H2,20,22,23)(H3,21,25,26,33)/t4?,7?,8-,9-,10+,11+,16-,17-,19+,40?/m1/s1. The number of anilines is 2. The number of fused-ring (bicyclic) bond motifs is 5. The van der Waals surface area contributed by atoms with Crippen LogP contribution < -0.4 is 17.0 Å². The fourth-order valence-electron chi connectivity index (χ4n) is 5.44. The number of thioether (sulfide) groups is 1. The van der Waals surface area contributed by atoms with E-state index in [1.54, 1.807) is 0 Å². The van der Waals surface area contributed by atoms with Crippen molar-refractivity contribution in [1.29, 1.82) is 0 Å². The summed E-state index contributed by atoms with van der Waals surface area (Å²) in [5.74, 6) is -2.28. The van der Waals surface area contributed by atoms with Gasteiger partial charge in [-0.2, -0.15) is 9.87 Å². The van der Waals surface area contributed by atoms with Crippen LogP contribution in [0.5, 0.6) is 0 Å². The first-order valence-electron chi connectivity index (χ1n) is 12.3. The number of imidazole rings is 1. The maximum absolute atomic E-state index is 12.2. The van der Waals surface area contributed by atoms with E-state index in [0.29, 0.717) is 11.2 Å². The monoisotopic (exact) mass is 641 g/mol. The number of hydrogen-bond acceptors (Lipinski definition) is 18. The first kappa shape index (κ1) is 26.7. The molecular formula is C19H20N11O9PS2. The SMILES string of the molecule is Nc1nc2c(nnn2[C@@H]2S[C@@H]3C(O)C3[C@H]2OP(O)(=S)OC[C@@]23OO[C@@H]([C@H](n4cnc5c(N)ncnc54)O2)[C@@H]3O)c(=O)[nH]1. The average molecular weight is 642 g/mol. The number of nitrogen functional groups attached to an aromatic ring is 2. The topological polar surface area (TPSA) is 279 Å². The van der Waals surface area contributed by atoms with Gasteiger partial charge in [-0.25, -0.2) is 24.5 Å². The van der Waals surface area contributed by atoms with E-state index in [9.17, 15) is 19.9 Å². The molecule has 10 atom stereocenters. The van der Waals surface area contributed by atoms with E-state index in [1.807, 2.05) is 0 Å². The first-order valence-corrected chi connectivity index (χ1v) is 15.8. The molecule has 1 saturated carbocycles. The number of nitrogens with zero attached hydrogens (tertiary/aromatic N) is 8. The Hall–Kier alpha value is -2.89. The molecule has 0 amide bonds. The Bertz CT molecular complexity index is 1860. The predicted octanol–water partition coefficient (Wildman–Crippen LogP) is -2.34. The van der Waals surface area contributed by atoms with Crippen LogP contribution in [-0.4, -0.2) is 102 Å². The second-order valence-corrected chi connectivity index (χ2v) is 14.1. The van der Waals surface area contributed by atoms with E-state index >= 15 is 0 Å². The third kappa shape index (κ3) is 3.85. The van der Waals surface area contributed by atoms with Crippen LogP contribution in [0, 0.1) is 5.92 Å². The van der Waals surface area contributed by atoms with Crippen LogP contribution in [-0.2, 0) is 35.4 Å². The number of hydrogen-bond donors (Lipinski definition) is 6. The summed E-state index contributed by atoms with van der Waals surface area (Å²) in [4.78, 5) is 52.7. The van der Waals surface area contributed by atoms with Crippen LogP contribution in [0.3, 0.4) is 0 Å². The highest BCUT2D eigenvalue weighted by Gasteiger charge is 2.67. The van der Waals surface area contributed by atoms with Crippen LogP contribution in [0.2, 0.25) is 0 Å². The number of aliphatic hydroxyl groups is 2. The third-order valence-corrected chi connectivity index (χ3v) is 10.7. The van der Waals surface area contributed by atoms with Crippen LogP contribution >= 0.6 is 18.5 Å². The normalized spacial score (nSPS) is 36.5. The summed E-state index contributed by atoms with van der Waals surface area (Å²) >= 11 is 6.59. The van der Waals surface area contributed by atoms with Gasteiger partial charge < -0.3 is 40.4 Å². The molecule has 7 heterocycles. The molecule has 4 aliphatic rings. The van der Waals surface area contributed by atoms with Gasteiger partial charge in [-0.15, -0.1) is 16.9 Å². The molecule has 3 unspecified atom stereocenters. The molecule has 23 heteroatoms. The largest absolute Gasteiger partial charge is 0.392 e. The van der Waals surface area contributed by atoms with Crippen molar-refractivity contribution >= 4 is 64.4 Å². The van der Waals surface area contributed by atoms with Crippen LogP contribution in [0.25, 0.3) is 22.3 Å². The molecule has 8 rings (SSSR count). The second-order valence-electron chi connectivity index (χ2n) is 10.0. The molecule has 3 saturated heterocycles. The summed E-state index contributed by atoms with van der Waals surface area (Å²) in [6.45, 7) is -4.67. The minimum Gasteiger partial charge on any atom is -0.392 e. The summed E-state index contributed by atoms with van der Waals surface area (Å²) in [6, 6.07) is 0. The van der Waals surface area contributed by atoms with Gasteiger partial charge in [0.05, 0.1) is 12.4 Å². The molecular weight excluding hydrogens is 621 g/mol. The Balaban J connectivity index is 1.02. The molecule has 2 bridgehead atoms. The number of ether oxygens (including phenoxy) is 1. The summed E-state index contributed by atoms with van der Waals surface area (Å²) in [7, 11) is 0. The van der Waals surface area contributed by atoms with Gasteiger partial charge >= 0.3 is 6.72 Å². The van der Waals surface area contributed by atoms with Gasteiger partial charge in [-0.1, -0.05) is 5.21 Å². The molecule has 0 aromatic carbocycles. The van der Waals surface area contributed by atoms with Gasteiger partial charge in [0.1, 0.15) is 36.0 Å². The lowest BCUT2D eigenvalue weighted by Crippen LogP contribution is -2.43. The van der Waals surface area contributed by atoms with Crippen LogP contribution in [0.4, 0.5) is 11.8 Å². The van der Waals surface area contributed by atoms with Crippen molar-refractivity contribution in [2.75, 3.05) is 18.1 Å². The molecule has 4 fully saturated rings. The minimum absolute atomic E-state index is 0.0434. The minimum atomic E-state index is -4.09.